The van der Waals surface area contributed by atoms with Gasteiger partial charge in [0.25, 0.3) is 0 Å². The molecule has 0 bridgehead atoms. The summed E-state index contributed by atoms with van der Waals surface area (Å²) in [5.41, 5.74) is 3.40. The first-order chi connectivity index (χ1) is 9.29. The van der Waals surface area contributed by atoms with Gasteiger partial charge in [0, 0.05) is 12.0 Å². The molecular formula is C16H16FNO. The van der Waals surface area contributed by atoms with Gasteiger partial charge in [0.2, 0.25) is 0 Å². The molecule has 98 valence electrons. The molecule has 0 spiro atoms. The van der Waals surface area contributed by atoms with Crippen LogP contribution < -0.4 is 10.1 Å². The van der Waals surface area contributed by atoms with E-state index in [1.165, 1.54) is 17.7 Å². The number of hydrogen-bond donors (Lipinski definition) is 1. The minimum atomic E-state index is -0.215. The molecule has 0 amide bonds. The molecule has 19 heavy (non-hydrogen) atoms. The van der Waals surface area contributed by atoms with Crippen LogP contribution in [0.15, 0.2) is 42.5 Å². The van der Waals surface area contributed by atoms with Crippen LogP contribution in [0.5, 0.6) is 5.75 Å². The van der Waals surface area contributed by atoms with Gasteiger partial charge in [0.1, 0.15) is 11.6 Å². The van der Waals surface area contributed by atoms with Gasteiger partial charge in [0.15, 0.2) is 0 Å². The number of nitrogens with one attached hydrogen (secondary N) is 1. The fraction of sp³-hybridized carbons (Fsp3) is 0.250. The zero-order chi connectivity index (χ0) is 13.2. The van der Waals surface area contributed by atoms with Crippen LogP contribution in [0.3, 0.4) is 0 Å². The number of hydrogen-bond acceptors (Lipinski definition) is 2. The van der Waals surface area contributed by atoms with E-state index in [0.717, 1.165) is 29.9 Å². The van der Waals surface area contributed by atoms with E-state index in [1.54, 1.807) is 0 Å². The van der Waals surface area contributed by atoms with Crippen molar-refractivity contribution in [1.82, 2.24) is 5.32 Å². The van der Waals surface area contributed by atoms with Gasteiger partial charge >= 0.3 is 0 Å². The lowest BCUT2D eigenvalue weighted by Crippen LogP contribution is -2.18. The summed E-state index contributed by atoms with van der Waals surface area (Å²) in [4.78, 5) is 0. The van der Waals surface area contributed by atoms with E-state index in [9.17, 15) is 4.39 Å². The third-order valence-electron chi connectivity index (χ3n) is 3.55. The van der Waals surface area contributed by atoms with Crippen LogP contribution in [0.4, 0.5) is 4.39 Å². The molecule has 0 saturated carbocycles. The number of halogens is 1. The second-order valence-corrected chi connectivity index (χ2v) is 4.71. The summed E-state index contributed by atoms with van der Waals surface area (Å²) >= 11 is 0. The molecule has 0 aromatic heterocycles. The number of benzene rings is 2. The fourth-order valence-electron chi connectivity index (χ4n) is 2.62. The normalized spacial score (nSPS) is 14.8. The van der Waals surface area contributed by atoms with E-state index in [-0.39, 0.29) is 11.9 Å². The molecular weight excluding hydrogens is 241 g/mol. The van der Waals surface area contributed by atoms with Crippen molar-refractivity contribution in [2.24, 2.45) is 0 Å². The average Bonchev–Trinajstić information content (AvgIpc) is 2.91. The predicted molar refractivity (Wildman–Crippen MR) is 72.9 cm³/mol. The summed E-state index contributed by atoms with van der Waals surface area (Å²) in [6, 6.07) is 12.8. The van der Waals surface area contributed by atoms with Gasteiger partial charge in [-0.25, -0.2) is 4.39 Å². The van der Waals surface area contributed by atoms with Crippen LogP contribution >= 0.6 is 0 Å². The van der Waals surface area contributed by atoms with Gasteiger partial charge < -0.3 is 10.1 Å². The van der Waals surface area contributed by atoms with Crippen LogP contribution in [-0.4, -0.2) is 13.7 Å². The highest BCUT2D eigenvalue weighted by Crippen LogP contribution is 2.35. The lowest BCUT2D eigenvalue weighted by Gasteiger charge is -2.19. The Morgan fingerprint density at radius 2 is 1.95 bits per heavy atom. The van der Waals surface area contributed by atoms with Crippen LogP contribution in [0, 0.1) is 5.82 Å². The highest BCUT2D eigenvalue weighted by molar-refractivity contribution is 5.48. The standard InChI is InChI=1S/C16H16FNO/c1-18-15(11-5-7-13(17)8-6-11)14-4-2-3-12-9-10-19-16(12)14/h2-8,15,18H,9-10H2,1H3. The van der Waals surface area contributed by atoms with Crippen LogP contribution in [0.25, 0.3) is 0 Å². The quantitative estimate of drug-likeness (QED) is 0.912. The zero-order valence-electron chi connectivity index (χ0n) is 10.8. The number of ether oxygens (including phenoxy) is 1. The summed E-state index contributed by atoms with van der Waals surface area (Å²) in [5.74, 6) is 0.763. The van der Waals surface area contributed by atoms with Gasteiger partial charge in [-0.05, 0) is 30.3 Å². The van der Waals surface area contributed by atoms with Crippen molar-refractivity contribution in [3.05, 3.63) is 65.0 Å². The summed E-state index contributed by atoms with van der Waals surface area (Å²) < 4.78 is 18.8. The monoisotopic (exact) mass is 257 g/mol. The number of fused-ring (bicyclic) bond motifs is 1. The first-order valence-corrected chi connectivity index (χ1v) is 6.47. The molecule has 2 aromatic rings. The van der Waals surface area contributed by atoms with E-state index >= 15 is 0 Å². The van der Waals surface area contributed by atoms with Gasteiger partial charge in [0.05, 0.1) is 12.6 Å². The minimum absolute atomic E-state index is 0.0219. The van der Waals surface area contributed by atoms with E-state index in [2.05, 4.69) is 23.5 Å². The van der Waals surface area contributed by atoms with Crippen molar-refractivity contribution in [3.8, 4) is 5.75 Å². The maximum absolute atomic E-state index is 13.0. The summed E-state index contributed by atoms with van der Waals surface area (Å²) in [6.07, 6.45) is 0.961. The first kappa shape index (κ1) is 12.2. The zero-order valence-corrected chi connectivity index (χ0v) is 10.8. The lowest BCUT2D eigenvalue weighted by molar-refractivity contribution is 0.351. The Morgan fingerprint density at radius 1 is 1.16 bits per heavy atom. The molecule has 1 aliphatic rings. The molecule has 2 nitrogen and oxygen atoms in total. The first-order valence-electron chi connectivity index (χ1n) is 6.47. The molecule has 1 atom stereocenters. The van der Waals surface area contributed by atoms with Crippen molar-refractivity contribution in [2.75, 3.05) is 13.7 Å². The van der Waals surface area contributed by atoms with E-state index in [4.69, 9.17) is 4.74 Å². The molecule has 1 heterocycles. The largest absolute Gasteiger partial charge is 0.493 e. The Bertz CT molecular complexity index is 580. The van der Waals surface area contributed by atoms with Crippen LogP contribution in [-0.2, 0) is 6.42 Å². The van der Waals surface area contributed by atoms with Crippen molar-refractivity contribution < 1.29 is 9.13 Å². The number of para-hydroxylation sites is 1. The molecule has 0 saturated heterocycles. The Kier molecular flexibility index (Phi) is 3.22. The second kappa shape index (κ2) is 5.02. The smallest absolute Gasteiger partial charge is 0.127 e. The van der Waals surface area contributed by atoms with Gasteiger partial charge in [-0.2, -0.15) is 0 Å². The third kappa shape index (κ3) is 2.22. The SMILES string of the molecule is CNC(c1ccc(F)cc1)c1cccc2c1OCC2. The van der Waals surface area contributed by atoms with Crippen LogP contribution in [0.2, 0.25) is 0 Å². The Hall–Kier alpha value is -1.87. The predicted octanol–water partition coefficient (Wildman–Crippen LogP) is 3.07. The van der Waals surface area contributed by atoms with E-state index < -0.39 is 0 Å². The van der Waals surface area contributed by atoms with Gasteiger partial charge in [-0.3, -0.25) is 0 Å². The topological polar surface area (TPSA) is 21.3 Å². The second-order valence-electron chi connectivity index (χ2n) is 4.71. The summed E-state index contributed by atoms with van der Waals surface area (Å²) in [5, 5.41) is 3.28. The molecule has 0 aliphatic carbocycles. The molecule has 3 heteroatoms. The Morgan fingerprint density at radius 3 is 2.68 bits per heavy atom. The highest BCUT2D eigenvalue weighted by atomic mass is 19.1. The highest BCUT2D eigenvalue weighted by Gasteiger charge is 2.22. The maximum Gasteiger partial charge on any atom is 0.127 e. The molecule has 2 aromatic carbocycles. The molecule has 3 rings (SSSR count). The van der Waals surface area contributed by atoms with Gasteiger partial charge in [-0.15, -0.1) is 0 Å². The minimum Gasteiger partial charge on any atom is -0.493 e. The van der Waals surface area contributed by atoms with Crippen molar-refractivity contribution >= 4 is 0 Å². The fourth-order valence-corrected chi connectivity index (χ4v) is 2.62. The molecule has 1 aliphatic heterocycles. The molecule has 0 radical (unpaired) electrons. The molecule has 1 N–H and O–H groups in total. The molecule has 1 unspecified atom stereocenters. The number of rotatable bonds is 3. The Balaban J connectivity index is 2.03. The summed E-state index contributed by atoms with van der Waals surface area (Å²) in [6.45, 7) is 0.742. The lowest BCUT2D eigenvalue weighted by atomic mass is 9.96. The van der Waals surface area contributed by atoms with E-state index in [1.807, 2.05) is 19.2 Å². The maximum atomic E-state index is 13.0. The molecule has 0 fully saturated rings. The summed E-state index contributed by atoms with van der Waals surface area (Å²) in [7, 11) is 1.91. The Labute approximate surface area is 112 Å². The van der Waals surface area contributed by atoms with Gasteiger partial charge in [-0.1, -0.05) is 30.3 Å². The van der Waals surface area contributed by atoms with Crippen molar-refractivity contribution in [3.63, 3.8) is 0 Å². The van der Waals surface area contributed by atoms with E-state index in [0.29, 0.717) is 0 Å². The third-order valence-corrected chi connectivity index (χ3v) is 3.55. The van der Waals surface area contributed by atoms with Crippen LogP contribution in [0.1, 0.15) is 22.7 Å². The van der Waals surface area contributed by atoms with Crippen molar-refractivity contribution in [2.45, 2.75) is 12.5 Å². The average molecular weight is 257 g/mol. The van der Waals surface area contributed by atoms with Crippen molar-refractivity contribution in [1.29, 1.82) is 0 Å².